The summed E-state index contributed by atoms with van der Waals surface area (Å²) in [5, 5.41) is 1.99. The van der Waals surface area contributed by atoms with Crippen molar-refractivity contribution in [2.24, 2.45) is 23.7 Å². The second kappa shape index (κ2) is 51.3. The van der Waals surface area contributed by atoms with Crippen molar-refractivity contribution in [3.63, 3.8) is 0 Å². The molecule has 0 fully saturated rings. The van der Waals surface area contributed by atoms with Crippen molar-refractivity contribution in [2.45, 2.75) is 364 Å². The number of hydrogen-bond acceptors (Lipinski definition) is 8. The van der Waals surface area contributed by atoms with Crippen LogP contribution in [0.5, 0.6) is 0 Å². The lowest BCUT2D eigenvalue weighted by molar-refractivity contribution is -0.124. The molecule has 4 aromatic heterocycles. The Labute approximate surface area is 758 Å². The van der Waals surface area contributed by atoms with E-state index in [1.807, 2.05) is 105 Å². The molecule has 4 aliphatic rings. The van der Waals surface area contributed by atoms with Crippen LogP contribution in [0.1, 0.15) is 387 Å². The van der Waals surface area contributed by atoms with Crippen LogP contribution in [0.25, 0.3) is 78.9 Å². The molecule has 0 radical (unpaired) electrons. The van der Waals surface area contributed by atoms with Gasteiger partial charge in [0.15, 0.2) is 23.0 Å². The van der Waals surface area contributed by atoms with Gasteiger partial charge in [0.05, 0.1) is 22.3 Å². The van der Waals surface area contributed by atoms with Gasteiger partial charge in [-0.1, -0.05) is 397 Å². The van der Waals surface area contributed by atoms with Crippen molar-refractivity contribution in [3.8, 4) is 45.3 Å². The van der Waals surface area contributed by atoms with E-state index in [0.29, 0.717) is 117 Å². The van der Waals surface area contributed by atoms with Crippen molar-refractivity contribution >= 4 is 57.2 Å². The molecule has 4 atom stereocenters. The van der Waals surface area contributed by atoms with E-state index in [4.69, 9.17) is 17.7 Å². The van der Waals surface area contributed by atoms with Crippen LogP contribution >= 0.6 is 0 Å². The smallest absolute Gasteiger partial charge is 0.261 e. The van der Waals surface area contributed by atoms with E-state index in [0.717, 1.165) is 187 Å². The first kappa shape index (κ1) is 96.2. The van der Waals surface area contributed by atoms with Gasteiger partial charge in [0.25, 0.3) is 23.6 Å². The zero-order chi connectivity index (χ0) is 88.2. The quantitative estimate of drug-likeness (QED) is 0.0344. The topological polar surface area (TPSA) is 134 Å². The number of carbonyl (C=O) groups excluding carboxylic acids is 4. The van der Waals surface area contributed by atoms with Crippen LogP contribution in [0.2, 0.25) is 0 Å². The number of unbranched alkanes of at least 4 members (excludes halogenated alkanes) is 32. The summed E-state index contributed by atoms with van der Waals surface area (Å²) in [7, 11) is 0. The minimum Gasteiger partial charge on any atom is -0.455 e. The summed E-state index contributed by atoms with van der Waals surface area (Å²) in [5.41, 5.74) is 7.61. The normalized spacial score (nSPS) is 15.3. The lowest BCUT2D eigenvalue weighted by Crippen LogP contribution is -2.34. The fourth-order valence-electron chi connectivity index (χ4n) is 20.4. The van der Waals surface area contributed by atoms with Gasteiger partial charge in [-0.3, -0.25) is 19.2 Å². The maximum Gasteiger partial charge on any atom is 0.261 e. The van der Waals surface area contributed by atoms with E-state index in [-0.39, 0.29) is 47.3 Å². The summed E-state index contributed by atoms with van der Waals surface area (Å²) in [6.07, 6.45) is 55.3. The highest BCUT2D eigenvalue weighted by atomic mass is 16.4. The third kappa shape index (κ3) is 25.8. The SMILES string of the molecule is CCCCCCCCC(CCCCCC)CN1C(=O)C2=C(c3ccc(-c4ccc5cc(-c6ccc(C7=C8C(=O)N(CC(CCCCCC)CCCCCCCC)C(c9ccc(-c%10ccccc%10)o9)=C8C(=O)N7CC(CCCCCC)CCCCCCCC)o6)ccc5c4)o3)N(CC(CCCCCC)CCCCCCCC)C(=O)C2=C1c1ccc(-c2ccccc2)o1. The van der Waals surface area contributed by atoms with Gasteiger partial charge in [-0.05, 0) is 146 Å². The summed E-state index contributed by atoms with van der Waals surface area (Å²) in [6.45, 7) is 20.2. The maximum atomic E-state index is 16.3. The molecule has 4 aromatic carbocycles. The van der Waals surface area contributed by atoms with E-state index in [1.165, 1.54) is 154 Å². The predicted molar refractivity (Wildman–Crippen MR) is 523 cm³/mol. The molecule has 0 N–H and O–H groups in total. The minimum absolute atomic E-state index is 0.154. The predicted octanol–water partition coefficient (Wildman–Crippen LogP) is 32.8. The van der Waals surface area contributed by atoms with Crippen LogP contribution in [-0.2, 0) is 19.2 Å². The van der Waals surface area contributed by atoms with Crippen LogP contribution in [0.3, 0.4) is 0 Å². The van der Waals surface area contributed by atoms with Gasteiger partial charge in [-0.2, -0.15) is 0 Å². The van der Waals surface area contributed by atoms with Crippen LogP contribution in [0.4, 0.5) is 0 Å². The Bertz CT molecular complexity index is 4500. The number of nitrogens with zero attached hydrogens (tertiary/aromatic N) is 4. The zero-order valence-electron chi connectivity index (χ0n) is 79.0. The molecule has 680 valence electrons. The Balaban J connectivity index is 0.917. The first-order valence-electron chi connectivity index (χ1n) is 51.2. The Morgan fingerprint density at radius 3 is 0.619 bits per heavy atom. The number of benzene rings is 4. The Kier molecular flexibility index (Phi) is 39.2. The molecule has 0 saturated carbocycles. The molecule has 12 rings (SSSR count). The van der Waals surface area contributed by atoms with Gasteiger partial charge in [0.2, 0.25) is 0 Å². The third-order valence-electron chi connectivity index (χ3n) is 27.7. The molecular formula is C114H156N4O8. The Morgan fingerprint density at radius 2 is 0.397 bits per heavy atom. The molecular weight excluding hydrogens is 1550 g/mol. The molecule has 4 amide bonds. The fourth-order valence-corrected chi connectivity index (χ4v) is 20.4. The van der Waals surface area contributed by atoms with Gasteiger partial charge >= 0.3 is 0 Å². The fraction of sp³-hybridized carbons (Fsp3) is 0.561. The third-order valence-corrected chi connectivity index (χ3v) is 27.7. The highest BCUT2D eigenvalue weighted by molar-refractivity contribution is 6.31. The number of amides is 4. The molecule has 0 bridgehead atoms. The number of hydrogen-bond donors (Lipinski definition) is 0. The standard InChI is InChI=1S/C114H156N4O8/c1-9-17-25-33-37-47-59-85(55-43-29-21-13-5)81-115-107(99-75-71-95(123-99)89-63-51-41-52-64-89)103-105(113(115)121)109(117(111(103)119)83-87(57-45-31-23-15-7)61-49-39-35-27-19-11-3)101-77-73-97(125-101)93-69-67-92-80-94(70-68-91(92)79-93)98-74-78-102(126-98)110-106-104(112(120)118(110)84-88(58-46-32-24-16-8)62-50-40-36-28-20-12-4)108(100-76-72-96(124-100)90-65-53-42-54-66-90)116(114(106)122)82-86(56-44-30-22-14-6)60-48-38-34-26-18-10-2/h41-42,51-54,63-80,85-88H,9-40,43-50,55-62,81-84H2,1-8H3. The van der Waals surface area contributed by atoms with E-state index < -0.39 is 0 Å². The van der Waals surface area contributed by atoms with Gasteiger partial charge in [0, 0.05) is 48.4 Å². The lowest BCUT2D eigenvalue weighted by atomic mass is 9.93. The zero-order valence-corrected chi connectivity index (χ0v) is 79.0. The number of carbonyl (C=O) groups is 4. The Hall–Kier alpha value is -8.90. The second-order valence-electron chi connectivity index (χ2n) is 37.8. The van der Waals surface area contributed by atoms with Crippen molar-refractivity contribution < 1.29 is 36.8 Å². The summed E-state index contributed by atoms with van der Waals surface area (Å²) >= 11 is 0. The van der Waals surface area contributed by atoms with Crippen LogP contribution in [0.15, 0.2) is 186 Å². The molecule has 4 unspecified atom stereocenters. The van der Waals surface area contributed by atoms with E-state index >= 15 is 19.2 Å². The van der Waals surface area contributed by atoms with Gasteiger partial charge in [-0.15, -0.1) is 0 Å². The van der Waals surface area contributed by atoms with Crippen molar-refractivity contribution in [1.82, 2.24) is 19.6 Å². The molecule has 4 aliphatic heterocycles. The van der Waals surface area contributed by atoms with Crippen molar-refractivity contribution in [3.05, 3.63) is 191 Å². The molecule has 126 heavy (non-hydrogen) atoms. The molecule has 0 spiro atoms. The first-order chi connectivity index (χ1) is 61.9. The van der Waals surface area contributed by atoms with E-state index in [2.05, 4.69) is 116 Å². The minimum atomic E-state index is -0.154. The highest BCUT2D eigenvalue weighted by Crippen LogP contribution is 2.52. The van der Waals surface area contributed by atoms with E-state index in [9.17, 15) is 0 Å². The van der Waals surface area contributed by atoms with Crippen LogP contribution in [0, 0.1) is 23.7 Å². The average Bonchev–Trinajstić information content (AvgIpc) is 1.56. The highest BCUT2D eigenvalue weighted by Gasteiger charge is 2.53. The molecule has 0 aliphatic carbocycles. The van der Waals surface area contributed by atoms with E-state index in [1.54, 1.807) is 0 Å². The lowest BCUT2D eigenvalue weighted by Gasteiger charge is -2.29. The summed E-state index contributed by atoms with van der Waals surface area (Å²) in [4.78, 5) is 73.1. The van der Waals surface area contributed by atoms with Crippen LogP contribution < -0.4 is 0 Å². The van der Waals surface area contributed by atoms with Gasteiger partial charge < -0.3 is 37.3 Å². The molecule has 0 saturated heterocycles. The largest absolute Gasteiger partial charge is 0.455 e. The van der Waals surface area contributed by atoms with Crippen LogP contribution in [-0.4, -0.2) is 69.4 Å². The Morgan fingerprint density at radius 1 is 0.206 bits per heavy atom. The molecule has 12 nitrogen and oxygen atoms in total. The molecule has 8 aromatic rings. The second-order valence-corrected chi connectivity index (χ2v) is 37.8. The van der Waals surface area contributed by atoms with Crippen molar-refractivity contribution in [1.29, 1.82) is 0 Å². The molecule has 12 heteroatoms. The first-order valence-corrected chi connectivity index (χ1v) is 51.2. The average molecular weight is 1710 g/mol. The summed E-state index contributed by atoms with van der Waals surface area (Å²) in [5.74, 6) is 5.08. The van der Waals surface area contributed by atoms with Crippen molar-refractivity contribution in [2.75, 3.05) is 26.2 Å². The number of furan rings is 4. The van der Waals surface area contributed by atoms with Gasteiger partial charge in [-0.25, -0.2) is 0 Å². The summed E-state index contributed by atoms with van der Waals surface area (Å²) < 4.78 is 28.3. The summed E-state index contributed by atoms with van der Waals surface area (Å²) in [6, 6.07) is 49.1. The molecule has 8 heterocycles. The van der Waals surface area contributed by atoms with Gasteiger partial charge in [0.1, 0.15) is 45.8 Å². The number of fused-ring (bicyclic) bond motifs is 3. The maximum absolute atomic E-state index is 16.3. The monoisotopic (exact) mass is 1710 g/mol. The number of rotatable bonds is 64.